The van der Waals surface area contributed by atoms with Crippen LogP contribution in [0.25, 0.3) is 33.3 Å². The first kappa shape index (κ1) is 64.4. The van der Waals surface area contributed by atoms with Gasteiger partial charge in [0.15, 0.2) is 11.3 Å². The van der Waals surface area contributed by atoms with Gasteiger partial charge in [0.1, 0.15) is 65.0 Å². The largest absolute Gasteiger partial charge is 0.507 e. The molecule has 5 heterocycles. The molecule has 2 aromatic rings. The average Bonchev–Trinajstić information content (AvgIpc) is 1.70. The van der Waals surface area contributed by atoms with E-state index >= 15 is 4.79 Å². The Morgan fingerprint density at radius 3 is 2.22 bits per heavy atom. The number of esters is 3. The van der Waals surface area contributed by atoms with E-state index in [2.05, 4.69) is 34.3 Å². The van der Waals surface area contributed by atoms with E-state index in [0.717, 1.165) is 19.6 Å². The Balaban J connectivity index is 1.28. The Bertz CT molecular complexity index is 3350. The lowest BCUT2D eigenvalue weighted by atomic mass is 9.77. The van der Waals surface area contributed by atoms with Gasteiger partial charge < -0.3 is 68.5 Å². The molecule has 23 heteroatoms. The number of phenols is 2. The highest BCUT2D eigenvalue weighted by Gasteiger charge is 2.50. The summed E-state index contributed by atoms with van der Waals surface area (Å²) in [6, 6.07) is 1.89. The van der Waals surface area contributed by atoms with Crippen LogP contribution in [0.3, 0.4) is 0 Å². The Morgan fingerprint density at radius 2 is 1.56 bits per heavy atom. The summed E-state index contributed by atoms with van der Waals surface area (Å²) in [5, 5.41) is 40.2. The van der Waals surface area contributed by atoms with Crippen molar-refractivity contribution in [3.8, 4) is 28.7 Å². The number of ether oxygens (including phenoxy) is 5. The molecule has 85 heavy (non-hydrogen) atoms. The van der Waals surface area contributed by atoms with Crippen molar-refractivity contribution >= 4 is 81.3 Å². The van der Waals surface area contributed by atoms with Crippen molar-refractivity contribution in [3.63, 3.8) is 0 Å². The van der Waals surface area contributed by atoms with Crippen molar-refractivity contribution < 1.29 is 81.8 Å². The van der Waals surface area contributed by atoms with Crippen LogP contribution in [-0.2, 0) is 52.5 Å². The first-order valence-corrected chi connectivity index (χ1v) is 28.6. The SMILES string of the molecule is CC(=O)O[C@H]1[C@H](C)[C@H](O)[C@H](C)[C@@H](OC(=O)CCCOC(=O)CCC(=O)NC(C=O)C=O)[C@@H](C)/C=C/C=C(/C)C(=O)Nc2c3oc4cc(N5CCN(CC(C)C)CC5)cc(O)c4nc-3c3c4c(c(C)c(O)c3c2=O)O[C@](C)(O/C=C/[C@H](C)[C@H]1C)C4=O. The summed E-state index contributed by atoms with van der Waals surface area (Å²) in [5.74, 6) is -10.6. The number of aromatic nitrogens is 1. The van der Waals surface area contributed by atoms with Gasteiger partial charge in [-0.2, -0.15) is 0 Å². The van der Waals surface area contributed by atoms with E-state index in [9.17, 15) is 53.7 Å². The summed E-state index contributed by atoms with van der Waals surface area (Å²) >= 11 is 0. The maximum absolute atomic E-state index is 15.1. The zero-order chi connectivity index (χ0) is 62.4. The number of phenolic OH excluding ortho intramolecular Hbond substituents is 2. The van der Waals surface area contributed by atoms with Crippen LogP contribution in [0, 0.1) is 42.4 Å². The fraction of sp³-hybridized carbons (Fsp3) is 0.516. The minimum Gasteiger partial charge on any atom is -0.507 e. The highest BCUT2D eigenvalue weighted by molar-refractivity contribution is 6.22. The number of benzene rings is 3. The monoisotopic (exact) mass is 1180 g/mol. The van der Waals surface area contributed by atoms with Crippen molar-refractivity contribution in [2.75, 3.05) is 49.5 Å². The molecule has 6 aliphatic rings. The maximum Gasteiger partial charge on any atom is 0.312 e. The smallest absolute Gasteiger partial charge is 0.312 e. The van der Waals surface area contributed by atoms with E-state index in [-0.39, 0.29) is 101 Å². The second kappa shape index (κ2) is 27.2. The molecule has 458 valence electrons. The van der Waals surface area contributed by atoms with Crippen molar-refractivity contribution in [1.29, 1.82) is 0 Å². The highest BCUT2D eigenvalue weighted by Crippen LogP contribution is 2.51. The quantitative estimate of drug-likeness (QED) is 0.0159. The number of anilines is 2. The third kappa shape index (κ3) is 14.3. The number of carbonyl (C=O) groups excluding carboxylic acids is 8. The number of fused-ring (bicyclic) bond motifs is 14. The second-order valence-corrected chi connectivity index (χ2v) is 23.0. The molecule has 23 nitrogen and oxygen atoms in total. The Kier molecular flexibility index (Phi) is 20.6. The van der Waals surface area contributed by atoms with Crippen LogP contribution >= 0.6 is 0 Å². The van der Waals surface area contributed by atoms with Crippen molar-refractivity contribution in [3.05, 3.63) is 69.6 Å². The third-order valence-electron chi connectivity index (χ3n) is 16.1. The molecule has 1 saturated heterocycles. The summed E-state index contributed by atoms with van der Waals surface area (Å²) in [6.45, 7) is 22.1. The van der Waals surface area contributed by atoms with Gasteiger partial charge in [-0.3, -0.25) is 38.5 Å². The number of carbonyl (C=O) groups is 8. The molecular formula is C62H77N5O18. The molecule has 1 fully saturated rings. The highest BCUT2D eigenvalue weighted by atomic mass is 16.7. The van der Waals surface area contributed by atoms with Crippen LogP contribution in [0.1, 0.15) is 111 Å². The molecule has 5 N–H and O–H groups in total. The van der Waals surface area contributed by atoms with Gasteiger partial charge in [0.25, 0.3) is 11.7 Å². The number of rotatable bonds is 15. The van der Waals surface area contributed by atoms with Crippen LogP contribution in [-0.4, -0.2) is 143 Å². The minimum absolute atomic E-state index is 0.00292. The predicted octanol–water partition coefficient (Wildman–Crippen LogP) is 6.59. The van der Waals surface area contributed by atoms with Gasteiger partial charge in [0, 0.05) is 112 Å². The fourth-order valence-electron chi connectivity index (χ4n) is 11.1. The molecule has 5 bridgehead atoms. The summed E-state index contributed by atoms with van der Waals surface area (Å²) in [6.07, 6.45) is 3.73. The third-order valence-corrected chi connectivity index (χ3v) is 16.1. The molecule has 1 aliphatic carbocycles. The number of aliphatic hydroxyl groups excluding tert-OH is 1. The maximum atomic E-state index is 15.1. The number of aliphatic hydroxyl groups is 1. The van der Waals surface area contributed by atoms with Crippen LogP contribution in [0.5, 0.6) is 17.2 Å². The van der Waals surface area contributed by atoms with Gasteiger partial charge in [-0.25, -0.2) is 4.98 Å². The van der Waals surface area contributed by atoms with Gasteiger partial charge >= 0.3 is 23.7 Å². The van der Waals surface area contributed by atoms with Crippen molar-refractivity contribution in [2.24, 2.45) is 35.5 Å². The number of allylic oxidation sites excluding steroid dienone is 3. The van der Waals surface area contributed by atoms with Crippen LogP contribution in [0.2, 0.25) is 0 Å². The molecule has 0 unspecified atom stereocenters. The minimum atomic E-state index is -2.10. The number of nitrogens with one attached hydrogen (secondary N) is 2. The number of aldehydes is 2. The van der Waals surface area contributed by atoms with Crippen molar-refractivity contribution in [1.82, 2.24) is 15.2 Å². The molecule has 0 saturated carbocycles. The summed E-state index contributed by atoms with van der Waals surface area (Å²) in [5.41, 5.74) is -1.04. The molecule has 8 rings (SSSR count). The first-order valence-electron chi connectivity index (χ1n) is 28.6. The summed E-state index contributed by atoms with van der Waals surface area (Å²) in [7, 11) is 0. The van der Waals surface area contributed by atoms with E-state index in [1.54, 1.807) is 52.0 Å². The van der Waals surface area contributed by atoms with E-state index < -0.39 is 117 Å². The predicted molar refractivity (Wildman–Crippen MR) is 312 cm³/mol. The number of hydrogen-bond acceptors (Lipinski definition) is 21. The van der Waals surface area contributed by atoms with E-state index in [4.69, 9.17) is 33.1 Å². The zero-order valence-corrected chi connectivity index (χ0v) is 49.8. The van der Waals surface area contributed by atoms with Crippen LogP contribution < -0.4 is 25.7 Å². The molecule has 0 radical (unpaired) electrons. The van der Waals surface area contributed by atoms with E-state index in [1.165, 1.54) is 46.1 Å². The standard InChI is InChI=1S/C62H77N5O18/c1-31(2)28-66-20-22-67(23-21-66)41-26-42(71)50-43(27-41)83-59-51(64-50)47-48-54(76)38(9)58-49(47)60(78)62(11,85-58)81-25-19-32(3)35(6)57(82-39(10)70)37(8)53(75)36(7)56(33(4)14-12-15-34(5)61(79)65-52(59)55(48)77)84-46(74)16-13-24-80-45(73)18-17-44(72)63-40(29-68)30-69/h12,14-15,19,25-27,29-33,35-37,40,53,56-57,71,75-76H,13,16-18,20-24,28H2,1-11H3,(H,63,72)(H,65,79)/b14-12+,25-19+,34-15-/t32-,33-,35+,36-,37+,53+,56-,57+,62-/m0/s1. The average molecular weight is 1180 g/mol. The van der Waals surface area contributed by atoms with Gasteiger partial charge in [-0.05, 0) is 44.1 Å². The van der Waals surface area contributed by atoms with Gasteiger partial charge in [0.2, 0.25) is 11.3 Å². The summed E-state index contributed by atoms with van der Waals surface area (Å²) in [4.78, 5) is 126. The molecule has 2 amide bonds. The van der Waals surface area contributed by atoms with Crippen LogP contribution in [0.15, 0.2) is 57.5 Å². The van der Waals surface area contributed by atoms with Crippen molar-refractivity contribution in [2.45, 2.75) is 132 Å². The number of hydrogen-bond donors (Lipinski definition) is 5. The van der Waals surface area contributed by atoms with Crippen LogP contribution in [0.4, 0.5) is 11.4 Å². The zero-order valence-electron chi connectivity index (χ0n) is 49.8. The number of amides is 2. The topological polar surface area (TPSA) is 317 Å². The number of nitrogens with zero attached hydrogens (tertiary/aromatic N) is 3. The molecule has 0 spiro atoms. The first-order chi connectivity index (χ1) is 40.2. The second-order valence-electron chi connectivity index (χ2n) is 23.0. The molecule has 5 aliphatic heterocycles. The number of Topliss-reactive ketones (excluding diaryl/α,β-unsaturated/α-hetero) is 1. The Morgan fingerprint density at radius 1 is 0.882 bits per heavy atom. The van der Waals surface area contributed by atoms with Gasteiger partial charge in [-0.15, -0.1) is 0 Å². The number of aromatic hydroxyl groups is 2. The lowest BCUT2D eigenvalue weighted by Gasteiger charge is -2.38. The summed E-state index contributed by atoms with van der Waals surface area (Å²) < 4.78 is 36.2. The molecule has 2 aromatic carbocycles. The van der Waals surface area contributed by atoms with E-state index in [1.807, 2.05) is 6.92 Å². The molecule has 9 atom stereocenters. The lowest BCUT2D eigenvalue weighted by Crippen LogP contribution is -2.47. The normalized spacial score (nSPS) is 25.7. The fourth-order valence-corrected chi connectivity index (χ4v) is 11.1. The Hall–Kier alpha value is -8.18. The number of ketones is 1. The molecule has 0 aromatic heterocycles. The Labute approximate surface area is 492 Å². The van der Waals surface area contributed by atoms with E-state index in [0.29, 0.717) is 24.7 Å². The lowest BCUT2D eigenvalue weighted by molar-refractivity contribution is -0.164. The number of piperazine rings is 1. The van der Waals surface area contributed by atoms with Gasteiger partial charge in [-0.1, -0.05) is 66.7 Å². The van der Waals surface area contributed by atoms with Gasteiger partial charge in [0.05, 0.1) is 36.3 Å². The molecular weight excluding hydrogens is 1100 g/mol.